The van der Waals surface area contributed by atoms with E-state index in [1.165, 1.54) is 12.1 Å². The van der Waals surface area contributed by atoms with Crippen LogP contribution in [0.4, 0.5) is 20.3 Å². The molecule has 0 spiro atoms. The highest BCUT2D eigenvalue weighted by atomic mass is 19.1. The monoisotopic (exact) mass is 550 g/mol. The number of esters is 1. The summed E-state index contributed by atoms with van der Waals surface area (Å²) in [6, 6.07) is 3.09. The third-order valence-corrected chi connectivity index (χ3v) is 8.31. The van der Waals surface area contributed by atoms with Crippen molar-refractivity contribution in [2.75, 3.05) is 23.8 Å². The minimum Gasteiger partial charge on any atom is -0.464 e. The van der Waals surface area contributed by atoms with Gasteiger partial charge >= 0.3 is 5.97 Å². The Labute approximate surface area is 230 Å². The molecule has 7 rings (SSSR count). The van der Waals surface area contributed by atoms with Gasteiger partial charge in [-0.1, -0.05) is 0 Å². The molecule has 2 aromatic heterocycles. The molecular weight excluding hydrogens is 518 g/mol. The van der Waals surface area contributed by atoms with E-state index in [-0.39, 0.29) is 42.1 Å². The van der Waals surface area contributed by atoms with Gasteiger partial charge in [0.25, 0.3) is 0 Å². The van der Waals surface area contributed by atoms with Crippen LogP contribution in [0.2, 0.25) is 0 Å². The minimum atomic E-state index is -0.707. The first-order valence-corrected chi connectivity index (χ1v) is 14.2. The lowest BCUT2D eigenvalue weighted by atomic mass is 9.91. The zero-order chi connectivity index (χ0) is 27.4. The van der Waals surface area contributed by atoms with Crippen molar-refractivity contribution >= 4 is 17.5 Å². The van der Waals surface area contributed by atoms with Gasteiger partial charge in [0.1, 0.15) is 34.9 Å². The van der Waals surface area contributed by atoms with E-state index in [0.717, 1.165) is 37.3 Å². The summed E-state index contributed by atoms with van der Waals surface area (Å²) in [5.74, 6) is -0.571. The topological polar surface area (TPSA) is 103 Å². The molecule has 0 bridgehead atoms. The maximum Gasteiger partial charge on any atom is 0.330 e. The molecule has 40 heavy (non-hydrogen) atoms. The number of carbonyl (C=O) groups is 1. The van der Waals surface area contributed by atoms with Gasteiger partial charge in [-0.2, -0.15) is 5.10 Å². The molecule has 4 heterocycles. The van der Waals surface area contributed by atoms with Crippen molar-refractivity contribution < 1.29 is 23.0 Å². The number of hydrogen-bond acceptors (Lipinski definition) is 8. The lowest BCUT2D eigenvalue weighted by Gasteiger charge is -2.36. The van der Waals surface area contributed by atoms with Crippen molar-refractivity contribution in [2.24, 2.45) is 5.92 Å². The van der Waals surface area contributed by atoms with Crippen molar-refractivity contribution in [3.63, 3.8) is 0 Å². The number of nitrogens with zero attached hydrogens (tertiary/aromatic N) is 4. The van der Waals surface area contributed by atoms with Gasteiger partial charge in [-0.3, -0.25) is 4.68 Å². The van der Waals surface area contributed by atoms with E-state index in [9.17, 15) is 9.18 Å². The van der Waals surface area contributed by atoms with Gasteiger partial charge in [0.05, 0.1) is 31.0 Å². The number of ether oxygens (including phenoxy) is 2. The second-order valence-corrected chi connectivity index (χ2v) is 11.2. The Hall–Kier alpha value is -3.60. The first-order valence-electron chi connectivity index (χ1n) is 14.2. The summed E-state index contributed by atoms with van der Waals surface area (Å²) in [4.78, 5) is 22.7. The number of benzene rings is 1. The van der Waals surface area contributed by atoms with Gasteiger partial charge in [0.15, 0.2) is 5.82 Å². The van der Waals surface area contributed by atoms with E-state index in [4.69, 9.17) is 19.4 Å². The summed E-state index contributed by atoms with van der Waals surface area (Å²) in [7, 11) is 0. The summed E-state index contributed by atoms with van der Waals surface area (Å²) in [5.41, 5.74) is 2.06. The van der Waals surface area contributed by atoms with Crippen LogP contribution in [0.15, 0.2) is 30.6 Å². The van der Waals surface area contributed by atoms with E-state index in [0.29, 0.717) is 48.5 Å². The molecule has 2 N–H and O–H groups in total. The quantitative estimate of drug-likeness (QED) is 0.390. The van der Waals surface area contributed by atoms with Crippen molar-refractivity contribution in [2.45, 2.75) is 75.6 Å². The molecule has 4 aliphatic rings. The average molecular weight is 551 g/mol. The van der Waals surface area contributed by atoms with Crippen LogP contribution in [-0.4, -0.2) is 51.0 Å². The number of anilines is 2. The zero-order valence-electron chi connectivity index (χ0n) is 22.3. The molecule has 11 heteroatoms. The SMILES string of the molecule is CCOC(=O)C1Nc2nc(C3CCO[C@@H](c4cnn(C5CC5)c4)C3)nc(-c3ccc(F)cc3F)c2NC1C1CC1. The van der Waals surface area contributed by atoms with Crippen molar-refractivity contribution in [3.8, 4) is 11.3 Å². The predicted octanol–water partition coefficient (Wildman–Crippen LogP) is 5.14. The fraction of sp³-hybridized carbons (Fsp3) is 0.517. The Morgan fingerprint density at radius 1 is 1.15 bits per heavy atom. The van der Waals surface area contributed by atoms with Crippen molar-refractivity contribution in [1.82, 2.24) is 19.7 Å². The van der Waals surface area contributed by atoms with Gasteiger partial charge in [-0.15, -0.1) is 0 Å². The summed E-state index contributed by atoms with van der Waals surface area (Å²) in [6.45, 7) is 2.56. The predicted molar refractivity (Wildman–Crippen MR) is 143 cm³/mol. The van der Waals surface area contributed by atoms with Gasteiger partial charge in [0, 0.05) is 35.9 Å². The Morgan fingerprint density at radius 2 is 2.00 bits per heavy atom. The third kappa shape index (κ3) is 4.80. The van der Waals surface area contributed by atoms with Gasteiger partial charge in [-0.25, -0.2) is 23.5 Å². The second-order valence-electron chi connectivity index (χ2n) is 11.2. The molecule has 3 aromatic rings. The molecule has 1 saturated heterocycles. The van der Waals surface area contributed by atoms with Crippen molar-refractivity contribution in [3.05, 3.63) is 53.6 Å². The smallest absolute Gasteiger partial charge is 0.330 e. The second kappa shape index (κ2) is 10.1. The Balaban J connectivity index is 1.26. The standard InChI is InChI=1S/C29H32F2N6O3/c1-2-39-29(38)26-23(15-3-4-15)33-25-24(20-8-5-18(30)12-21(20)31)34-27(36-28(25)35-26)16-9-10-40-22(11-16)17-13-32-37(14-17)19-6-7-19/h5,8,12-16,19,22-23,26,33H,2-4,6-7,9-11H2,1H3,(H,34,35,36)/t16?,22-,23?,26?/m1/s1. The fourth-order valence-electron chi connectivity index (χ4n) is 5.87. The third-order valence-electron chi connectivity index (χ3n) is 8.31. The van der Waals surface area contributed by atoms with E-state index in [1.54, 1.807) is 6.92 Å². The molecular formula is C29H32F2N6O3. The van der Waals surface area contributed by atoms with Crippen LogP contribution < -0.4 is 10.6 Å². The number of hydrogen-bond donors (Lipinski definition) is 2. The summed E-state index contributed by atoms with van der Waals surface area (Å²) in [5, 5.41) is 11.3. The lowest BCUT2D eigenvalue weighted by Crippen LogP contribution is -2.50. The maximum absolute atomic E-state index is 15.2. The zero-order valence-corrected chi connectivity index (χ0v) is 22.3. The number of halogens is 2. The Morgan fingerprint density at radius 3 is 2.75 bits per heavy atom. The van der Waals surface area contributed by atoms with Gasteiger partial charge < -0.3 is 20.1 Å². The van der Waals surface area contributed by atoms with E-state index in [1.807, 2.05) is 10.9 Å². The molecule has 3 fully saturated rings. The molecule has 4 atom stereocenters. The molecule has 9 nitrogen and oxygen atoms in total. The highest BCUT2D eigenvalue weighted by molar-refractivity contribution is 5.90. The van der Waals surface area contributed by atoms with Crippen LogP contribution in [-0.2, 0) is 14.3 Å². The van der Waals surface area contributed by atoms with Gasteiger partial charge in [-0.05, 0) is 63.5 Å². The molecule has 2 aliphatic carbocycles. The number of aromatic nitrogens is 4. The molecule has 0 radical (unpaired) electrons. The van der Waals surface area contributed by atoms with Crippen LogP contribution in [0.1, 0.15) is 74.9 Å². The average Bonchev–Trinajstić information content (AvgIpc) is 3.91. The molecule has 2 aliphatic heterocycles. The summed E-state index contributed by atoms with van der Waals surface area (Å²) < 4.78 is 42.5. The highest BCUT2D eigenvalue weighted by Gasteiger charge is 2.45. The number of carbonyl (C=O) groups excluding carboxylic acids is 1. The maximum atomic E-state index is 15.2. The van der Waals surface area contributed by atoms with Crippen molar-refractivity contribution in [1.29, 1.82) is 0 Å². The van der Waals surface area contributed by atoms with Crippen LogP contribution in [0, 0.1) is 17.6 Å². The summed E-state index contributed by atoms with van der Waals surface area (Å²) >= 11 is 0. The molecule has 3 unspecified atom stereocenters. The Kier molecular flexibility index (Phi) is 6.41. The number of fused-ring (bicyclic) bond motifs is 1. The Bertz CT molecular complexity index is 1440. The van der Waals surface area contributed by atoms with E-state index >= 15 is 4.39 Å². The minimum absolute atomic E-state index is 0.0698. The first-order chi connectivity index (χ1) is 19.5. The first kappa shape index (κ1) is 25.4. The van der Waals surface area contributed by atoms with Crippen LogP contribution >= 0.6 is 0 Å². The normalized spacial score (nSPS) is 26.0. The van der Waals surface area contributed by atoms with Crippen LogP contribution in [0.25, 0.3) is 11.3 Å². The molecule has 2 saturated carbocycles. The molecule has 1 aromatic carbocycles. The lowest BCUT2D eigenvalue weighted by molar-refractivity contribution is -0.144. The van der Waals surface area contributed by atoms with E-state index < -0.39 is 17.7 Å². The van der Waals surface area contributed by atoms with Crippen LogP contribution in [0.3, 0.4) is 0 Å². The largest absolute Gasteiger partial charge is 0.464 e. The molecule has 210 valence electrons. The van der Waals surface area contributed by atoms with Gasteiger partial charge in [0.2, 0.25) is 0 Å². The van der Waals surface area contributed by atoms with E-state index in [2.05, 4.69) is 21.9 Å². The summed E-state index contributed by atoms with van der Waals surface area (Å²) in [6.07, 6.45) is 9.35. The number of nitrogens with one attached hydrogen (secondary N) is 2. The highest BCUT2D eigenvalue weighted by Crippen LogP contribution is 2.45. The van der Waals surface area contributed by atoms with Crippen LogP contribution in [0.5, 0.6) is 0 Å². The number of rotatable bonds is 7. The molecule has 0 amide bonds. The fourth-order valence-corrected chi connectivity index (χ4v) is 5.87.